The van der Waals surface area contributed by atoms with Gasteiger partial charge in [-0.1, -0.05) is 23.7 Å². The van der Waals surface area contributed by atoms with Crippen LogP contribution in [-0.4, -0.2) is 48.1 Å². The van der Waals surface area contributed by atoms with Crippen LogP contribution in [0, 0.1) is 0 Å². The first kappa shape index (κ1) is 18.3. The Morgan fingerprint density at radius 1 is 1.12 bits per heavy atom. The van der Waals surface area contributed by atoms with Crippen LogP contribution in [0.4, 0.5) is 0 Å². The number of carbonyl (C=O) groups excluding carboxylic acids is 1. The van der Waals surface area contributed by atoms with Crippen LogP contribution in [-0.2, 0) is 11.2 Å². The maximum atomic E-state index is 13.2. The predicted octanol–water partition coefficient (Wildman–Crippen LogP) is 3.14. The summed E-state index contributed by atoms with van der Waals surface area (Å²) in [6.45, 7) is 1.82. The van der Waals surface area contributed by atoms with Crippen molar-refractivity contribution in [3.63, 3.8) is 0 Å². The molecular formula is C21H30ClN3O. The van der Waals surface area contributed by atoms with Gasteiger partial charge in [-0.3, -0.25) is 4.79 Å². The lowest BCUT2D eigenvalue weighted by Crippen LogP contribution is -2.55. The number of hydrogen-bond donors (Lipinski definition) is 2. The second-order valence-electron chi connectivity index (χ2n) is 8.24. The molecule has 2 bridgehead atoms. The number of nitrogens with one attached hydrogen (secondary N) is 2. The first-order valence-electron chi connectivity index (χ1n) is 10.2. The summed E-state index contributed by atoms with van der Waals surface area (Å²) in [7, 11) is 0. The van der Waals surface area contributed by atoms with E-state index in [1.54, 1.807) is 0 Å². The van der Waals surface area contributed by atoms with Crippen molar-refractivity contribution in [3.05, 3.63) is 34.9 Å². The molecule has 1 aromatic rings. The molecule has 0 aliphatic carbocycles. The largest absolute Gasteiger partial charge is 0.341 e. The smallest absolute Gasteiger partial charge is 0.240 e. The summed E-state index contributed by atoms with van der Waals surface area (Å²) >= 11 is 6.03. The Labute approximate surface area is 161 Å². The molecule has 4 rings (SSSR count). The molecule has 142 valence electrons. The number of rotatable bonds is 5. The van der Waals surface area contributed by atoms with Gasteiger partial charge in [0, 0.05) is 36.2 Å². The molecule has 0 saturated carbocycles. The highest BCUT2D eigenvalue weighted by molar-refractivity contribution is 6.30. The number of piperidine rings is 2. The summed E-state index contributed by atoms with van der Waals surface area (Å²) in [5.74, 6) is 0.283. The van der Waals surface area contributed by atoms with Gasteiger partial charge in [0.15, 0.2) is 0 Å². The van der Waals surface area contributed by atoms with Crippen molar-refractivity contribution in [3.8, 4) is 0 Å². The van der Waals surface area contributed by atoms with Crippen LogP contribution in [0.5, 0.6) is 0 Å². The van der Waals surface area contributed by atoms with E-state index in [9.17, 15) is 4.79 Å². The summed E-state index contributed by atoms with van der Waals surface area (Å²) in [6.07, 6.45) is 9.10. The van der Waals surface area contributed by atoms with Gasteiger partial charge in [0.25, 0.3) is 0 Å². The SMILES string of the molecule is O=C([C@@H](Cc1ccc(Cl)cc1)NC1CC2CCC(C1)N2)N1CCCCC1. The zero-order valence-corrected chi connectivity index (χ0v) is 16.2. The number of amides is 1. The minimum absolute atomic E-state index is 0.128. The van der Waals surface area contributed by atoms with E-state index in [2.05, 4.69) is 15.5 Å². The van der Waals surface area contributed by atoms with Crippen molar-refractivity contribution in [2.75, 3.05) is 13.1 Å². The van der Waals surface area contributed by atoms with Crippen LogP contribution in [0.15, 0.2) is 24.3 Å². The monoisotopic (exact) mass is 375 g/mol. The van der Waals surface area contributed by atoms with E-state index in [0.29, 0.717) is 18.1 Å². The molecule has 5 heteroatoms. The molecule has 0 spiro atoms. The number of nitrogens with zero attached hydrogens (tertiary/aromatic N) is 1. The lowest BCUT2D eigenvalue weighted by Gasteiger charge is -2.35. The molecule has 2 N–H and O–H groups in total. The van der Waals surface area contributed by atoms with Gasteiger partial charge >= 0.3 is 0 Å². The Balaban J connectivity index is 1.46. The summed E-state index contributed by atoms with van der Waals surface area (Å²) in [5, 5.41) is 8.19. The Hall–Kier alpha value is -1.10. The van der Waals surface area contributed by atoms with E-state index in [1.807, 2.05) is 24.3 Å². The van der Waals surface area contributed by atoms with Gasteiger partial charge in [0.1, 0.15) is 0 Å². The predicted molar refractivity (Wildman–Crippen MR) is 105 cm³/mol. The van der Waals surface area contributed by atoms with Gasteiger partial charge in [-0.25, -0.2) is 0 Å². The third-order valence-electron chi connectivity index (χ3n) is 6.23. The topological polar surface area (TPSA) is 44.4 Å². The third kappa shape index (κ3) is 4.41. The van der Waals surface area contributed by atoms with Crippen LogP contribution < -0.4 is 10.6 Å². The molecule has 3 heterocycles. The first-order valence-corrected chi connectivity index (χ1v) is 10.6. The normalized spacial score (nSPS) is 29.6. The maximum Gasteiger partial charge on any atom is 0.240 e. The van der Waals surface area contributed by atoms with E-state index < -0.39 is 0 Å². The van der Waals surface area contributed by atoms with Crippen molar-refractivity contribution >= 4 is 17.5 Å². The number of benzene rings is 1. The molecule has 3 saturated heterocycles. The van der Waals surface area contributed by atoms with E-state index in [0.717, 1.165) is 50.2 Å². The summed E-state index contributed by atoms with van der Waals surface area (Å²) < 4.78 is 0. The molecule has 1 amide bonds. The van der Waals surface area contributed by atoms with Gasteiger partial charge in [-0.15, -0.1) is 0 Å². The van der Waals surface area contributed by atoms with Crippen molar-refractivity contribution < 1.29 is 4.79 Å². The molecular weight excluding hydrogens is 346 g/mol. The fourth-order valence-corrected chi connectivity index (χ4v) is 5.01. The van der Waals surface area contributed by atoms with Crippen molar-refractivity contribution in [2.24, 2.45) is 0 Å². The third-order valence-corrected chi connectivity index (χ3v) is 6.48. The minimum Gasteiger partial charge on any atom is -0.341 e. The zero-order valence-electron chi connectivity index (χ0n) is 15.4. The van der Waals surface area contributed by atoms with E-state index in [4.69, 9.17) is 11.6 Å². The maximum absolute atomic E-state index is 13.2. The van der Waals surface area contributed by atoms with Crippen LogP contribution in [0.25, 0.3) is 0 Å². The first-order chi connectivity index (χ1) is 12.7. The average Bonchev–Trinajstić information content (AvgIpc) is 3.01. The Kier molecular flexibility index (Phi) is 5.82. The second-order valence-corrected chi connectivity index (χ2v) is 8.68. The van der Waals surface area contributed by atoms with Gasteiger partial charge in [-0.05, 0) is 69.1 Å². The number of carbonyl (C=O) groups is 1. The lowest BCUT2D eigenvalue weighted by molar-refractivity contribution is -0.134. The minimum atomic E-state index is -0.128. The average molecular weight is 376 g/mol. The zero-order chi connectivity index (χ0) is 17.9. The Morgan fingerprint density at radius 3 is 2.42 bits per heavy atom. The van der Waals surface area contributed by atoms with Gasteiger partial charge in [0.05, 0.1) is 6.04 Å². The van der Waals surface area contributed by atoms with Crippen molar-refractivity contribution in [1.29, 1.82) is 0 Å². The number of halogens is 1. The van der Waals surface area contributed by atoms with Gasteiger partial charge < -0.3 is 15.5 Å². The molecule has 3 fully saturated rings. The number of likely N-dealkylation sites (tertiary alicyclic amines) is 1. The summed E-state index contributed by atoms with van der Waals surface area (Å²) in [4.78, 5) is 15.3. The van der Waals surface area contributed by atoms with Crippen LogP contribution in [0.3, 0.4) is 0 Å². The molecule has 4 nitrogen and oxygen atoms in total. The molecule has 26 heavy (non-hydrogen) atoms. The molecule has 0 radical (unpaired) electrons. The number of fused-ring (bicyclic) bond motifs is 2. The van der Waals surface area contributed by atoms with Crippen LogP contribution in [0.2, 0.25) is 5.02 Å². The highest BCUT2D eigenvalue weighted by Gasteiger charge is 2.36. The van der Waals surface area contributed by atoms with Crippen molar-refractivity contribution in [2.45, 2.75) is 75.5 Å². The fraction of sp³-hybridized carbons (Fsp3) is 0.667. The summed E-state index contributed by atoms with van der Waals surface area (Å²) in [6, 6.07) is 9.52. The van der Waals surface area contributed by atoms with E-state index in [1.165, 1.54) is 24.8 Å². The molecule has 3 aliphatic heterocycles. The van der Waals surface area contributed by atoms with Crippen LogP contribution >= 0.6 is 11.6 Å². The van der Waals surface area contributed by atoms with Crippen molar-refractivity contribution in [1.82, 2.24) is 15.5 Å². The standard InChI is InChI=1S/C21H30ClN3O/c22-16-6-4-15(5-7-16)12-20(21(26)25-10-2-1-3-11-25)24-19-13-17-8-9-18(14-19)23-17/h4-7,17-20,23-24H,1-3,8-14H2/t17?,18?,19?,20-/m1/s1. The van der Waals surface area contributed by atoms with Gasteiger partial charge in [-0.2, -0.15) is 0 Å². The molecule has 2 unspecified atom stereocenters. The Morgan fingerprint density at radius 2 is 1.77 bits per heavy atom. The lowest BCUT2D eigenvalue weighted by atomic mass is 9.96. The quantitative estimate of drug-likeness (QED) is 0.831. The van der Waals surface area contributed by atoms with E-state index in [-0.39, 0.29) is 11.9 Å². The fourth-order valence-electron chi connectivity index (χ4n) is 4.89. The molecule has 1 aromatic carbocycles. The number of hydrogen-bond acceptors (Lipinski definition) is 3. The Bertz CT molecular complexity index is 602. The molecule has 3 aliphatic rings. The van der Waals surface area contributed by atoms with E-state index >= 15 is 0 Å². The van der Waals surface area contributed by atoms with Crippen LogP contribution in [0.1, 0.15) is 50.5 Å². The molecule has 3 atom stereocenters. The second kappa shape index (κ2) is 8.28. The summed E-state index contributed by atoms with van der Waals surface area (Å²) in [5.41, 5.74) is 1.18. The molecule has 0 aromatic heterocycles. The van der Waals surface area contributed by atoms with Gasteiger partial charge in [0.2, 0.25) is 5.91 Å². The highest BCUT2D eigenvalue weighted by atomic mass is 35.5. The highest BCUT2D eigenvalue weighted by Crippen LogP contribution is 2.27.